The zero-order valence-electron chi connectivity index (χ0n) is 13.6. The highest BCUT2D eigenvalue weighted by Crippen LogP contribution is 2.23. The van der Waals surface area contributed by atoms with E-state index in [1.54, 1.807) is 27.9 Å². The maximum atomic E-state index is 12.1. The number of aromatic amines is 2. The first kappa shape index (κ1) is 17.6. The van der Waals surface area contributed by atoms with Gasteiger partial charge in [0.05, 0.1) is 12.1 Å². The maximum Gasteiger partial charge on any atom is 0.325 e. The van der Waals surface area contributed by atoms with Crippen molar-refractivity contribution in [2.75, 3.05) is 19.4 Å². The minimum absolute atomic E-state index is 0.171. The highest BCUT2D eigenvalue weighted by Gasteiger charge is 2.19. The lowest BCUT2D eigenvalue weighted by molar-refractivity contribution is -0.115. The summed E-state index contributed by atoms with van der Waals surface area (Å²) in [6, 6.07) is 0. The van der Waals surface area contributed by atoms with Gasteiger partial charge in [-0.3, -0.25) is 19.4 Å². The fourth-order valence-electron chi connectivity index (χ4n) is 2.01. The zero-order chi connectivity index (χ0) is 18.0. The molecule has 0 spiro atoms. The van der Waals surface area contributed by atoms with Crippen LogP contribution in [0.4, 0.5) is 5.13 Å². The Hall–Kier alpha value is -2.75. The average molecular weight is 351 g/mol. The van der Waals surface area contributed by atoms with E-state index < -0.39 is 17.2 Å². The standard InChI is InChI=1S/C14H17N5O4S/c1-6-8(11(21)18-13(23)15-6)5-9(20)17-14-16-7(2)10(24-14)12(22)19(3)4/h5H2,1-4H3,(H,16,17,20)(H2,15,18,21,23). The molecule has 0 aliphatic carbocycles. The molecule has 0 aliphatic rings. The van der Waals surface area contributed by atoms with E-state index in [4.69, 9.17) is 0 Å². The number of amides is 2. The van der Waals surface area contributed by atoms with Gasteiger partial charge in [-0.1, -0.05) is 11.3 Å². The monoisotopic (exact) mass is 351 g/mol. The number of aryl methyl sites for hydroxylation is 2. The van der Waals surface area contributed by atoms with Crippen molar-refractivity contribution in [1.82, 2.24) is 19.9 Å². The predicted octanol–water partition coefficient (Wildman–Crippen LogP) is 0.0195. The predicted molar refractivity (Wildman–Crippen MR) is 89.6 cm³/mol. The number of aromatic nitrogens is 3. The van der Waals surface area contributed by atoms with Crippen molar-refractivity contribution < 1.29 is 9.59 Å². The number of thiazole rings is 1. The second-order valence-corrected chi connectivity index (χ2v) is 6.37. The minimum atomic E-state index is -0.621. The van der Waals surface area contributed by atoms with Crippen molar-refractivity contribution in [2.24, 2.45) is 0 Å². The molecule has 2 amide bonds. The first-order valence-electron chi connectivity index (χ1n) is 7.00. The Morgan fingerprint density at radius 2 is 1.88 bits per heavy atom. The summed E-state index contributed by atoms with van der Waals surface area (Å²) in [7, 11) is 3.26. The largest absolute Gasteiger partial charge is 0.344 e. The molecule has 0 aliphatic heterocycles. The molecule has 24 heavy (non-hydrogen) atoms. The third-order valence-corrected chi connectivity index (χ3v) is 4.30. The number of hydrogen-bond donors (Lipinski definition) is 3. The fraction of sp³-hybridized carbons (Fsp3) is 0.357. The van der Waals surface area contributed by atoms with Crippen LogP contribution in [0.2, 0.25) is 0 Å². The van der Waals surface area contributed by atoms with Gasteiger partial charge in [0, 0.05) is 25.4 Å². The van der Waals surface area contributed by atoms with Crippen molar-refractivity contribution >= 4 is 28.3 Å². The summed E-state index contributed by atoms with van der Waals surface area (Å²) in [6.45, 7) is 3.22. The number of nitrogens with one attached hydrogen (secondary N) is 3. The quantitative estimate of drug-likeness (QED) is 0.715. The van der Waals surface area contributed by atoms with Crippen molar-refractivity contribution in [2.45, 2.75) is 20.3 Å². The molecule has 2 aromatic rings. The molecule has 0 fully saturated rings. The molecule has 2 rings (SSSR count). The smallest absolute Gasteiger partial charge is 0.325 e. The van der Waals surface area contributed by atoms with Gasteiger partial charge < -0.3 is 15.2 Å². The molecule has 0 bridgehead atoms. The van der Waals surface area contributed by atoms with Gasteiger partial charge in [-0.25, -0.2) is 9.78 Å². The van der Waals surface area contributed by atoms with Crippen molar-refractivity contribution in [3.63, 3.8) is 0 Å². The highest BCUT2D eigenvalue weighted by atomic mass is 32.1. The van der Waals surface area contributed by atoms with Crippen LogP contribution < -0.4 is 16.6 Å². The summed E-state index contributed by atoms with van der Waals surface area (Å²) in [6.07, 6.45) is -0.215. The average Bonchev–Trinajstić information content (AvgIpc) is 2.82. The summed E-state index contributed by atoms with van der Waals surface area (Å²) in [5.41, 5.74) is -0.205. The normalized spacial score (nSPS) is 10.5. The SMILES string of the molecule is Cc1nc(NC(=O)Cc2c(C)[nH]c(=O)[nH]c2=O)sc1C(=O)N(C)C. The number of H-pyrrole nitrogens is 2. The first-order chi connectivity index (χ1) is 11.2. The Bertz CT molecular complexity index is 909. The van der Waals surface area contributed by atoms with Gasteiger partial charge in [-0.05, 0) is 13.8 Å². The molecule has 3 N–H and O–H groups in total. The van der Waals surface area contributed by atoms with Crippen LogP contribution in [0.5, 0.6) is 0 Å². The van der Waals surface area contributed by atoms with Crippen LogP contribution in [-0.2, 0) is 11.2 Å². The number of carbonyl (C=O) groups excluding carboxylic acids is 2. The molecule has 10 heteroatoms. The summed E-state index contributed by atoms with van der Waals surface area (Å²) in [4.78, 5) is 57.5. The molecule has 0 aromatic carbocycles. The molecule has 9 nitrogen and oxygen atoms in total. The third-order valence-electron chi connectivity index (χ3n) is 3.24. The molecule has 0 saturated heterocycles. The molecule has 0 atom stereocenters. The lowest BCUT2D eigenvalue weighted by Gasteiger charge is -2.07. The van der Waals surface area contributed by atoms with E-state index in [0.29, 0.717) is 16.3 Å². The maximum absolute atomic E-state index is 12.1. The molecular formula is C14H17N5O4S. The number of rotatable bonds is 4. The lowest BCUT2D eigenvalue weighted by atomic mass is 10.1. The van der Waals surface area contributed by atoms with Crippen LogP contribution in [0, 0.1) is 13.8 Å². The topological polar surface area (TPSA) is 128 Å². The van der Waals surface area contributed by atoms with E-state index in [1.807, 2.05) is 0 Å². The first-order valence-corrected chi connectivity index (χ1v) is 7.81. The van der Waals surface area contributed by atoms with Crippen LogP contribution in [0.3, 0.4) is 0 Å². The second kappa shape index (κ2) is 6.79. The Kier molecular flexibility index (Phi) is 4.98. The van der Waals surface area contributed by atoms with Gasteiger partial charge in [-0.15, -0.1) is 0 Å². The van der Waals surface area contributed by atoms with Gasteiger partial charge in [0.25, 0.3) is 11.5 Å². The Morgan fingerprint density at radius 3 is 2.46 bits per heavy atom. The van der Waals surface area contributed by atoms with Gasteiger partial charge >= 0.3 is 5.69 Å². The van der Waals surface area contributed by atoms with Crippen LogP contribution in [-0.4, -0.2) is 45.8 Å². The molecule has 0 radical (unpaired) electrons. The van der Waals surface area contributed by atoms with E-state index in [-0.39, 0.29) is 23.0 Å². The number of anilines is 1. The van der Waals surface area contributed by atoms with Crippen molar-refractivity contribution in [3.05, 3.63) is 42.7 Å². The molecule has 2 heterocycles. The van der Waals surface area contributed by atoms with Crippen molar-refractivity contribution in [1.29, 1.82) is 0 Å². The zero-order valence-corrected chi connectivity index (χ0v) is 14.5. The van der Waals surface area contributed by atoms with E-state index >= 15 is 0 Å². The second-order valence-electron chi connectivity index (χ2n) is 5.37. The van der Waals surface area contributed by atoms with Crippen molar-refractivity contribution in [3.8, 4) is 0 Å². The summed E-state index contributed by atoms with van der Waals surface area (Å²) in [5, 5.41) is 2.85. The summed E-state index contributed by atoms with van der Waals surface area (Å²) < 4.78 is 0. The van der Waals surface area contributed by atoms with E-state index in [2.05, 4.69) is 20.3 Å². The van der Waals surface area contributed by atoms with E-state index in [1.165, 1.54) is 4.90 Å². The van der Waals surface area contributed by atoms with Gasteiger partial charge in [-0.2, -0.15) is 0 Å². The molecule has 0 unspecified atom stereocenters. The summed E-state index contributed by atoms with van der Waals surface area (Å²) in [5.74, 6) is -0.660. The highest BCUT2D eigenvalue weighted by molar-refractivity contribution is 7.17. The van der Waals surface area contributed by atoms with Gasteiger partial charge in [0.2, 0.25) is 5.91 Å². The Labute approximate surface area is 140 Å². The van der Waals surface area contributed by atoms with Gasteiger partial charge in [0.1, 0.15) is 4.88 Å². The lowest BCUT2D eigenvalue weighted by Crippen LogP contribution is -2.29. The van der Waals surface area contributed by atoms with Crippen LogP contribution in [0.25, 0.3) is 0 Å². The van der Waals surface area contributed by atoms with Crippen LogP contribution in [0.15, 0.2) is 9.59 Å². The van der Waals surface area contributed by atoms with Gasteiger partial charge in [0.15, 0.2) is 5.13 Å². The van der Waals surface area contributed by atoms with E-state index in [9.17, 15) is 19.2 Å². The number of carbonyl (C=O) groups is 2. The van der Waals surface area contributed by atoms with Crippen LogP contribution in [0.1, 0.15) is 26.6 Å². The third kappa shape index (κ3) is 3.77. The Balaban J connectivity index is 2.17. The molecule has 0 saturated carbocycles. The summed E-state index contributed by atoms with van der Waals surface area (Å²) >= 11 is 1.07. The molecule has 2 aromatic heterocycles. The number of hydrogen-bond acceptors (Lipinski definition) is 6. The molecule has 128 valence electrons. The minimum Gasteiger partial charge on any atom is -0.344 e. The van der Waals surface area contributed by atoms with Crippen LogP contribution >= 0.6 is 11.3 Å². The Morgan fingerprint density at radius 1 is 1.21 bits per heavy atom. The fourth-order valence-corrected chi connectivity index (χ4v) is 3.02. The molecular weight excluding hydrogens is 334 g/mol. The van der Waals surface area contributed by atoms with E-state index in [0.717, 1.165) is 11.3 Å². The number of nitrogens with zero attached hydrogens (tertiary/aromatic N) is 2.